The Hall–Kier alpha value is -0.0700. The SMILES string of the molecule is FC[C]1CC[CH]CC1. The molecule has 0 nitrogen and oxygen atoms in total. The van der Waals surface area contributed by atoms with E-state index in [1.54, 1.807) is 0 Å². The van der Waals surface area contributed by atoms with E-state index in [2.05, 4.69) is 6.42 Å². The third-order valence-electron chi connectivity index (χ3n) is 1.59. The highest BCUT2D eigenvalue weighted by Gasteiger charge is 2.12. The average Bonchev–Trinajstić information content (AvgIpc) is 1.90. The zero-order chi connectivity index (χ0) is 5.82. The van der Waals surface area contributed by atoms with Gasteiger partial charge in [0.1, 0.15) is 0 Å². The van der Waals surface area contributed by atoms with Crippen LogP contribution in [0.25, 0.3) is 0 Å². The van der Waals surface area contributed by atoms with Crippen molar-refractivity contribution in [2.24, 2.45) is 0 Å². The fraction of sp³-hybridized carbons (Fsp3) is 0.714. The molecule has 1 aliphatic rings. The first-order valence-electron chi connectivity index (χ1n) is 3.14. The monoisotopic (exact) mass is 114 g/mol. The fourth-order valence-electron chi connectivity index (χ4n) is 1.02. The second kappa shape index (κ2) is 3.06. The van der Waals surface area contributed by atoms with E-state index < -0.39 is 0 Å². The molecule has 1 rings (SSSR count). The van der Waals surface area contributed by atoms with E-state index in [9.17, 15) is 4.39 Å². The van der Waals surface area contributed by atoms with Crippen molar-refractivity contribution in [2.45, 2.75) is 25.7 Å². The van der Waals surface area contributed by atoms with Gasteiger partial charge in [0.25, 0.3) is 0 Å². The Morgan fingerprint density at radius 2 is 2.00 bits per heavy atom. The van der Waals surface area contributed by atoms with Crippen LogP contribution in [0, 0.1) is 12.3 Å². The van der Waals surface area contributed by atoms with E-state index in [0.29, 0.717) is 0 Å². The maximum absolute atomic E-state index is 11.8. The van der Waals surface area contributed by atoms with Crippen LogP contribution in [0.15, 0.2) is 0 Å². The van der Waals surface area contributed by atoms with Gasteiger partial charge < -0.3 is 0 Å². The number of rotatable bonds is 1. The maximum atomic E-state index is 11.8. The normalized spacial score (nSPS) is 23.6. The molecule has 0 heterocycles. The maximum Gasteiger partial charge on any atom is 0.0956 e. The van der Waals surface area contributed by atoms with Crippen LogP contribution in [0.4, 0.5) is 4.39 Å². The van der Waals surface area contributed by atoms with Gasteiger partial charge >= 0.3 is 0 Å². The zero-order valence-electron chi connectivity index (χ0n) is 4.99. The molecule has 2 radical (unpaired) electrons. The Labute approximate surface area is 50.1 Å². The van der Waals surface area contributed by atoms with Crippen molar-refractivity contribution in [1.82, 2.24) is 0 Å². The molecular weight excluding hydrogens is 103 g/mol. The summed E-state index contributed by atoms with van der Waals surface area (Å²) in [5.41, 5.74) is 0. The first-order valence-corrected chi connectivity index (χ1v) is 3.14. The van der Waals surface area contributed by atoms with Gasteiger partial charge in [0.15, 0.2) is 0 Å². The largest absolute Gasteiger partial charge is 0.250 e. The topological polar surface area (TPSA) is 0 Å². The molecule has 0 amide bonds. The second-order valence-electron chi connectivity index (χ2n) is 2.25. The highest BCUT2D eigenvalue weighted by atomic mass is 19.1. The Bertz CT molecular complexity index is 55.4. The van der Waals surface area contributed by atoms with Gasteiger partial charge in [0.05, 0.1) is 6.67 Å². The molecule has 8 heavy (non-hydrogen) atoms. The minimum atomic E-state index is -0.187. The second-order valence-corrected chi connectivity index (χ2v) is 2.25. The lowest BCUT2D eigenvalue weighted by Gasteiger charge is -2.16. The minimum absolute atomic E-state index is 0.187. The first kappa shape index (κ1) is 6.06. The van der Waals surface area contributed by atoms with Gasteiger partial charge in [0, 0.05) is 5.92 Å². The van der Waals surface area contributed by atoms with Gasteiger partial charge in [0.2, 0.25) is 0 Å². The summed E-state index contributed by atoms with van der Waals surface area (Å²) in [5.74, 6) is 1.10. The van der Waals surface area contributed by atoms with Crippen molar-refractivity contribution in [3.8, 4) is 0 Å². The summed E-state index contributed by atoms with van der Waals surface area (Å²) in [4.78, 5) is 0. The van der Waals surface area contributed by atoms with E-state index in [4.69, 9.17) is 0 Å². The van der Waals surface area contributed by atoms with Crippen LogP contribution in [0.2, 0.25) is 0 Å². The van der Waals surface area contributed by atoms with Crippen LogP contribution < -0.4 is 0 Å². The third kappa shape index (κ3) is 1.46. The average molecular weight is 114 g/mol. The Morgan fingerprint density at radius 1 is 1.38 bits per heavy atom. The molecular formula is C7H11F. The summed E-state index contributed by atoms with van der Waals surface area (Å²) in [6.07, 6.45) is 6.42. The molecule has 0 aliphatic heterocycles. The van der Waals surface area contributed by atoms with E-state index in [1.165, 1.54) is 0 Å². The molecule has 1 heteroatoms. The lowest BCUT2D eigenvalue weighted by Crippen LogP contribution is -2.05. The van der Waals surface area contributed by atoms with E-state index >= 15 is 0 Å². The molecule has 0 N–H and O–H groups in total. The van der Waals surface area contributed by atoms with Crippen LogP contribution in [0.5, 0.6) is 0 Å². The summed E-state index contributed by atoms with van der Waals surface area (Å²) < 4.78 is 11.8. The van der Waals surface area contributed by atoms with Gasteiger partial charge in [-0.15, -0.1) is 0 Å². The molecule has 1 saturated carbocycles. The van der Waals surface area contributed by atoms with Gasteiger partial charge in [-0.1, -0.05) is 0 Å². The molecule has 0 atom stereocenters. The standard InChI is InChI=1S/C7H11F/c8-6-7-4-2-1-3-5-7/h1H,2-6H2. The molecule has 0 aromatic heterocycles. The van der Waals surface area contributed by atoms with Crippen molar-refractivity contribution < 1.29 is 4.39 Å². The van der Waals surface area contributed by atoms with Gasteiger partial charge in [-0.2, -0.15) is 0 Å². The smallest absolute Gasteiger partial charge is 0.0956 e. The molecule has 0 saturated heterocycles. The summed E-state index contributed by atoms with van der Waals surface area (Å²) in [6.45, 7) is -0.187. The molecule has 46 valence electrons. The van der Waals surface area contributed by atoms with E-state index in [-0.39, 0.29) is 6.67 Å². The Kier molecular flexibility index (Phi) is 2.31. The highest BCUT2D eigenvalue weighted by molar-refractivity contribution is 4.96. The molecule has 0 aromatic carbocycles. The quantitative estimate of drug-likeness (QED) is 0.490. The first-order chi connectivity index (χ1) is 3.93. The zero-order valence-corrected chi connectivity index (χ0v) is 4.99. The van der Waals surface area contributed by atoms with E-state index in [1.807, 2.05) is 0 Å². The minimum Gasteiger partial charge on any atom is -0.250 e. The van der Waals surface area contributed by atoms with Crippen LogP contribution in [-0.4, -0.2) is 6.67 Å². The van der Waals surface area contributed by atoms with Crippen LogP contribution >= 0.6 is 0 Å². The molecule has 1 aliphatic carbocycles. The molecule has 0 bridgehead atoms. The lowest BCUT2D eigenvalue weighted by atomic mass is 9.90. The molecule has 0 unspecified atom stereocenters. The van der Waals surface area contributed by atoms with Crippen molar-refractivity contribution in [2.75, 3.05) is 6.67 Å². The predicted molar refractivity (Wildman–Crippen MR) is 32.0 cm³/mol. The van der Waals surface area contributed by atoms with Gasteiger partial charge in [-0.05, 0) is 32.1 Å². The van der Waals surface area contributed by atoms with Crippen molar-refractivity contribution >= 4 is 0 Å². The van der Waals surface area contributed by atoms with Crippen LogP contribution in [-0.2, 0) is 0 Å². The van der Waals surface area contributed by atoms with Crippen molar-refractivity contribution in [1.29, 1.82) is 0 Å². The number of alkyl halides is 1. The molecule has 1 fully saturated rings. The van der Waals surface area contributed by atoms with Gasteiger partial charge in [-0.25, -0.2) is 0 Å². The highest BCUT2D eigenvalue weighted by Crippen LogP contribution is 2.24. The fourth-order valence-corrected chi connectivity index (χ4v) is 1.02. The lowest BCUT2D eigenvalue weighted by molar-refractivity contribution is 0.449. The van der Waals surface area contributed by atoms with Crippen molar-refractivity contribution in [3.05, 3.63) is 12.3 Å². The Morgan fingerprint density at radius 3 is 2.38 bits per heavy atom. The van der Waals surface area contributed by atoms with Crippen LogP contribution in [0.3, 0.4) is 0 Å². The summed E-state index contributed by atoms with van der Waals surface area (Å²) in [7, 11) is 0. The van der Waals surface area contributed by atoms with Gasteiger partial charge in [-0.3, -0.25) is 4.39 Å². The predicted octanol–water partition coefficient (Wildman–Crippen LogP) is 2.31. The summed E-state index contributed by atoms with van der Waals surface area (Å²) >= 11 is 0. The summed E-state index contributed by atoms with van der Waals surface area (Å²) in [5, 5.41) is 0. The number of hydrogen-bond acceptors (Lipinski definition) is 0. The summed E-state index contributed by atoms with van der Waals surface area (Å²) in [6, 6.07) is 0. The van der Waals surface area contributed by atoms with Crippen molar-refractivity contribution in [3.63, 3.8) is 0 Å². The molecule has 0 aromatic rings. The van der Waals surface area contributed by atoms with E-state index in [0.717, 1.165) is 31.6 Å². The van der Waals surface area contributed by atoms with Crippen LogP contribution in [0.1, 0.15) is 25.7 Å². The third-order valence-corrected chi connectivity index (χ3v) is 1.59. The molecule has 0 spiro atoms. The number of halogens is 1. The Balaban J connectivity index is 2.13. The number of hydrogen-bond donors (Lipinski definition) is 0.